The fourth-order valence-electron chi connectivity index (χ4n) is 5.55. The lowest BCUT2D eigenvalue weighted by Crippen LogP contribution is -2.34. The molecule has 2 amide bonds. The van der Waals surface area contributed by atoms with E-state index in [1.54, 1.807) is 23.1 Å². The molecule has 3 heterocycles. The van der Waals surface area contributed by atoms with Crippen LogP contribution in [-0.4, -0.2) is 50.6 Å². The second-order valence-corrected chi connectivity index (χ2v) is 8.91. The summed E-state index contributed by atoms with van der Waals surface area (Å²) in [7, 11) is 0. The molecule has 1 saturated carbocycles. The quantitative estimate of drug-likeness (QED) is 0.786. The minimum atomic E-state index is -4.26. The number of alkyl halides is 3. The van der Waals surface area contributed by atoms with Gasteiger partial charge in [0.05, 0.1) is 11.5 Å². The number of amides is 2. The van der Waals surface area contributed by atoms with Gasteiger partial charge in [-0.25, -0.2) is 0 Å². The third-order valence-electron chi connectivity index (χ3n) is 7.05. The highest BCUT2D eigenvalue weighted by atomic mass is 19.4. The first kappa shape index (κ1) is 20.7. The van der Waals surface area contributed by atoms with E-state index in [9.17, 15) is 22.8 Å². The molecule has 0 spiro atoms. The number of primary amides is 1. The van der Waals surface area contributed by atoms with E-state index >= 15 is 0 Å². The van der Waals surface area contributed by atoms with Gasteiger partial charge in [0.2, 0.25) is 11.7 Å². The van der Waals surface area contributed by atoms with Crippen LogP contribution in [0.15, 0.2) is 42.6 Å². The van der Waals surface area contributed by atoms with Crippen LogP contribution in [0.3, 0.4) is 0 Å². The second-order valence-electron chi connectivity index (χ2n) is 8.91. The smallest absolute Gasteiger partial charge is 0.366 e. The Kier molecular flexibility index (Phi) is 4.83. The van der Waals surface area contributed by atoms with Crippen LogP contribution in [0.5, 0.6) is 0 Å². The number of nitrogens with two attached hydrogens (primary N) is 1. The van der Waals surface area contributed by atoms with Gasteiger partial charge in [-0.05, 0) is 48.6 Å². The fraction of sp³-hybridized carbons (Fsp3) is 0.455. The number of carbonyl (C=O) groups excluding carboxylic acids is 2. The zero-order valence-corrected chi connectivity index (χ0v) is 17.1. The molecule has 0 aromatic carbocycles. The largest absolute Gasteiger partial charge is 0.395 e. The maximum absolute atomic E-state index is 13.5. The first-order valence-corrected chi connectivity index (χ1v) is 10.6. The topological polar surface area (TPSA) is 93.6 Å². The second kappa shape index (κ2) is 7.46. The highest BCUT2D eigenvalue weighted by molar-refractivity contribution is 5.94. The van der Waals surface area contributed by atoms with E-state index in [4.69, 9.17) is 5.73 Å². The van der Waals surface area contributed by atoms with Gasteiger partial charge in [0.1, 0.15) is 0 Å². The van der Waals surface area contributed by atoms with Crippen LogP contribution < -0.4 is 5.73 Å². The molecule has 5 rings (SSSR count). The number of nitrogens with zero attached hydrogens (tertiary/aromatic N) is 4. The Balaban J connectivity index is 1.30. The van der Waals surface area contributed by atoms with Gasteiger partial charge in [-0.1, -0.05) is 24.3 Å². The zero-order chi connectivity index (χ0) is 22.6. The number of halogens is 3. The average Bonchev–Trinajstić information content (AvgIpc) is 3.45. The molecule has 2 aliphatic carbocycles. The highest BCUT2D eigenvalue weighted by Gasteiger charge is 2.50. The normalized spacial score (nSPS) is 29.6. The van der Waals surface area contributed by atoms with Crippen LogP contribution in [0.1, 0.15) is 33.8 Å². The lowest BCUT2D eigenvalue weighted by molar-refractivity contribution is -0.174. The van der Waals surface area contributed by atoms with Gasteiger partial charge in [0.25, 0.3) is 5.91 Å². The minimum Gasteiger partial charge on any atom is -0.366 e. The van der Waals surface area contributed by atoms with E-state index in [1.165, 1.54) is 28.8 Å². The van der Waals surface area contributed by atoms with Crippen LogP contribution in [0.25, 0.3) is 5.65 Å². The van der Waals surface area contributed by atoms with Crippen molar-refractivity contribution < 1.29 is 22.8 Å². The van der Waals surface area contributed by atoms with Crippen molar-refractivity contribution >= 4 is 17.5 Å². The van der Waals surface area contributed by atoms with E-state index in [1.807, 2.05) is 0 Å². The summed E-state index contributed by atoms with van der Waals surface area (Å²) < 4.78 is 41.9. The first-order valence-electron chi connectivity index (χ1n) is 10.6. The number of hydrogen-bond acceptors (Lipinski definition) is 4. The molecule has 2 aromatic rings. The van der Waals surface area contributed by atoms with Crippen molar-refractivity contribution in [3.8, 4) is 0 Å². The predicted molar refractivity (Wildman–Crippen MR) is 108 cm³/mol. The van der Waals surface area contributed by atoms with Gasteiger partial charge in [0, 0.05) is 19.3 Å². The van der Waals surface area contributed by atoms with Crippen LogP contribution in [0, 0.1) is 29.6 Å². The molecule has 2 aromatic heterocycles. The molecule has 2 fully saturated rings. The lowest BCUT2D eigenvalue weighted by Gasteiger charge is -2.31. The van der Waals surface area contributed by atoms with Crippen molar-refractivity contribution in [2.45, 2.75) is 19.0 Å². The van der Waals surface area contributed by atoms with Crippen LogP contribution >= 0.6 is 0 Å². The number of rotatable bonds is 3. The molecule has 1 aliphatic heterocycles. The number of pyridine rings is 1. The van der Waals surface area contributed by atoms with Crippen molar-refractivity contribution in [1.29, 1.82) is 0 Å². The molecule has 3 aliphatic rings. The van der Waals surface area contributed by atoms with Crippen molar-refractivity contribution in [1.82, 2.24) is 19.5 Å². The molecule has 7 nitrogen and oxygen atoms in total. The summed E-state index contributed by atoms with van der Waals surface area (Å²) in [6.45, 7) is 0.959. The summed E-state index contributed by atoms with van der Waals surface area (Å²) in [4.78, 5) is 26.3. The maximum Gasteiger partial charge on any atom is 0.395 e. The molecule has 2 unspecified atom stereocenters. The van der Waals surface area contributed by atoms with E-state index in [-0.39, 0.29) is 35.0 Å². The number of carbonyl (C=O) groups is 2. The molecule has 2 N–H and O–H groups in total. The number of aromatic nitrogens is 3. The number of allylic oxidation sites excluding steroid dienone is 4. The maximum atomic E-state index is 13.5. The summed E-state index contributed by atoms with van der Waals surface area (Å²) in [5.74, 6) is -2.56. The summed E-state index contributed by atoms with van der Waals surface area (Å²) in [5.41, 5.74) is 5.99. The van der Waals surface area contributed by atoms with Gasteiger partial charge in [-0.2, -0.15) is 13.2 Å². The fourth-order valence-corrected chi connectivity index (χ4v) is 5.55. The molecule has 32 heavy (non-hydrogen) atoms. The molecule has 1 saturated heterocycles. The Morgan fingerprint density at radius 1 is 1.00 bits per heavy atom. The SMILES string of the molecule is NC(=O)c1ccc2nnc(C(=O)N3C[C@H]4C[C@@H](C5C=CC=CC5C(F)(F)F)C[C@H]4C3)n2c1. The number of likely N-dealkylation sites (tertiary alicyclic amines) is 1. The Morgan fingerprint density at radius 2 is 1.69 bits per heavy atom. The van der Waals surface area contributed by atoms with E-state index in [0.717, 1.165) is 0 Å². The van der Waals surface area contributed by atoms with E-state index in [2.05, 4.69) is 10.2 Å². The molecule has 0 bridgehead atoms. The van der Waals surface area contributed by atoms with Gasteiger partial charge in [-0.15, -0.1) is 10.2 Å². The average molecular weight is 445 g/mol. The predicted octanol–water partition coefficient (Wildman–Crippen LogP) is 2.85. The van der Waals surface area contributed by atoms with Crippen LogP contribution in [0.2, 0.25) is 0 Å². The third-order valence-corrected chi connectivity index (χ3v) is 7.05. The summed E-state index contributed by atoms with van der Waals surface area (Å²) in [6, 6.07) is 3.08. The Morgan fingerprint density at radius 3 is 2.34 bits per heavy atom. The van der Waals surface area contributed by atoms with Crippen molar-refractivity contribution in [3.63, 3.8) is 0 Å². The van der Waals surface area contributed by atoms with Crippen LogP contribution in [0.4, 0.5) is 13.2 Å². The van der Waals surface area contributed by atoms with E-state index in [0.29, 0.717) is 31.6 Å². The summed E-state index contributed by atoms with van der Waals surface area (Å²) in [5, 5.41) is 7.97. The van der Waals surface area contributed by atoms with Gasteiger partial charge < -0.3 is 10.6 Å². The minimum absolute atomic E-state index is 0.0536. The molecule has 0 radical (unpaired) electrons. The first-order chi connectivity index (χ1) is 15.2. The standard InChI is InChI=1S/C22H22F3N5O2/c23-22(24,25)17-4-2-1-3-16(17)13-7-14-9-29(10-15(14)8-13)21(32)20-28-27-18-6-5-12(19(26)31)11-30(18)20/h1-6,11,13-17H,7-10H2,(H2,26,31)/t13-,14-,15+,16?,17?. The Hall–Kier alpha value is -3.17. The van der Waals surface area contributed by atoms with Crippen LogP contribution in [-0.2, 0) is 0 Å². The van der Waals surface area contributed by atoms with Gasteiger partial charge in [-0.3, -0.25) is 14.0 Å². The van der Waals surface area contributed by atoms with E-state index < -0.39 is 23.9 Å². The zero-order valence-electron chi connectivity index (χ0n) is 17.1. The highest BCUT2D eigenvalue weighted by Crippen LogP contribution is 2.50. The molecule has 10 heteroatoms. The molecule has 5 atom stereocenters. The number of fused-ring (bicyclic) bond motifs is 2. The Labute approximate surface area is 181 Å². The lowest BCUT2D eigenvalue weighted by atomic mass is 9.77. The Bertz CT molecular complexity index is 1120. The summed E-state index contributed by atoms with van der Waals surface area (Å²) >= 11 is 0. The van der Waals surface area contributed by atoms with Gasteiger partial charge >= 0.3 is 6.18 Å². The van der Waals surface area contributed by atoms with Crippen molar-refractivity contribution in [2.24, 2.45) is 35.3 Å². The molecular formula is C22H22F3N5O2. The molecular weight excluding hydrogens is 423 g/mol. The van der Waals surface area contributed by atoms with Crippen molar-refractivity contribution in [2.75, 3.05) is 13.1 Å². The number of hydrogen-bond donors (Lipinski definition) is 1. The summed E-state index contributed by atoms with van der Waals surface area (Å²) in [6.07, 6.45) is 4.62. The monoisotopic (exact) mass is 445 g/mol. The van der Waals surface area contributed by atoms with Gasteiger partial charge in [0.15, 0.2) is 5.65 Å². The van der Waals surface area contributed by atoms with Crippen molar-refractivity contribution in [3.05, 3.63) is 54.0 Å². The third kappa shape index (κ3) is 3.47. The molecule has 168 valence electrons.